The Morgan fingerprint density at radius 2 is 1.94 bits per heavy atom. The molecule has 1 aliphatic heterocycles. The van der Waals surface area contributed by atoms with Crippen LogP contribution in [0.25, 0.3) is 0 Å². The second-order valence-electron chi connectivity index (χ2n) is 5.00. The molecule has 0 radical (unpaired) electrons. The Labute approximate surface area is 111 Å². The molecule has 100 valence electrons. The van der Waals surface area contributed by atoms with Crippen molar-refractivity contribution >= 4 is 11.8 Å². The molecule has 2 rings (SSSR count). The quantitative estimate of drug-likeness (QED) is 0.904. The van der Waals surface area contributed by atoms with Crippen LogP contribution in [-0.2, 0) is 0 Å². The van der Waals surface area contributed by atoms with E-state index in [-0.39, 0.29) is 0 Å². The summed E-state index contributed by atoms with van der Waals surface area (Å²) in [5.41, 5.74) is 6.68. The zero-order chi connectivity index (χ0) is 13.1. The summed E-state index contributed by atoms with van der Waals surface area (Å²) in [6.45, 7) is 1.56. The molecule has 1 aromatic rings. The summed E-state index contributed by atoms with van der Waals surface area (Å²) in [6, 6.07) is 2.83. The lowest BCUT2D eigenvalue weighted by Crippen LogP contribution is -2.20. The maximum absolute atomic E-state index is 13.8. The highest BCUT2D eigenvalue weighted by atomic mass is 32.2. The summed E-state index contributed by atoms with van der Waals surface area (Å²) in [6.07, 6.45) is 3.02. The first-order chi connectivity index (χ1) is 8.59. The van der Waals surface area contributed by atoms with Gasteiger partial charge in [0.2, 0.25) is 0 Å². The fraction of sp³-hybridized carbons (Fsp3) is 0.571. The van der Waals surface area contributed by atoms with E-state index in [1.807, 2.05) is 11.8 Å². The third-order valence-electron chi connectivity index (χ3n) is 3.63. The van der Waals surface area contributed by atoms with E-state index in [1.165, 1.54) is 0 Å². The smallest absolute Gasteiger partial charge is 0.163 e. The average molecular weight is 271 g/mol. The minimum atomic E-state index is -0.771. The molecule has 2 N–H and O–H groups in total. The number of benzene rings is 1. The summed E-state index contributed by atoms with van der Waals surface area (Å²) in [4.78, 5) is 0. The van der Waals surface area contributed by atoms with Gasteiger partial charge in [0.15, 0.2) is 11.6 Å². The summed E-state index contributed by atoms with van der Waals surface area (Å²) in [7, 11) is 0. The highest BCUT2D eigenvalue weighted by Gasteiger charge is 2.21. The minimum Gasteiger partial charge on any atom is -0.324 e. The minimum absolute atomic E-state index is 0.316. The van der Waals surface area contributed by atoms with Gasteiger partial charge >= 0.3 is 0 Å². The molecule has 1 aromatic carbocycles. The third kappa shape index (κ3) is 3.04. The Bertz CT molecular complexity index is 417. The van der Waals surface area contributed by atoms with Crippen molar-refractivity contribution in [2.24, 2.45) is 11.7 Å². The van der Waals surface area contributed by atoms with Crippen molar-refractivity contribution < 1.29 is 8.78 Å². The summed E-state index contributed by atoms with van der Waals surface area (Å²) in [5, 5.41) is 0. The van der Waals surface area contributed by atoms with Gasteiger partial charge in [-0.1, -0.05) is 12.1 Å². The number of hydrogen-bond donors (Lipinski definition) is 1. The molecule has 0 amide bonds. The molecule has 0 saturated carbocycles. The van der Waals surface area contributed by atoms with E-state index < -0.39 is 17.7 Å². The molecule has 4 heteroatoms. The van der Waals surface area contributed by atoms with E-state index in [2.05, 4.69) is 0 Å². The average Bonchev–Trinajstić information content (AvgIpc) is 2.37. The summed E-state index contributed by atoms with van der Waals surface area (Å²) >= 11 is 1.95. The SMILES string of the molecule is Cc1ccc(C(N)CC2CCSCC2)c(F)c1F. The van der Waals surface area contributed by atoms with Crippen LogP contribution in [0.15, 0.2) is 12.1 Å². The molecule has 1 heterocycles. The zero-order valence-electron chi connectivity index (χ0n) is 10.6. The molecular weight excluding hydrogens is 252 g/mol. The van der Waals surface area contributed by atoms with Gasteiger partial charge in [-0.05, 0) is 49.2 Å². The van der Waals surface area contributed by atoms with Crippen molar-refractivity contribution in [3.05, 3.63) is 34.9 Å². The zero-order valence-corrected chi connectivity index (χ0v) is 11.4. The van der Waals surface area contributed by atoms with Crippen LogP contribution in [0.4, 0.5) is 8.78 Å². The third-order valence-corrected chi connectivity index (χ3v) is 4.68. The van der Waals surface area contributed by atoms with E-state index in [4.69, 9.17) is 5.73 Å². The van der Waals surface area contributed by atoms with E-state index in [0.717, 1.165) is 30.8 Å². The van der Waals surface area contributed by atoms with Crippen molar-refractivity contribution in [1.82, 2.24) is 0 Å². The Balaban J connectivity index is 2.08. The summed E-state index contributed by atoms with van der Waals surface area (Å²) < 4.78 is 27.3. The Morgan fingerprint density at radius 1 is 1.28 bits per heavy atom. The fourth-order valence-corrected chi connectivity index (χ4v) is 3.62. The van der Waals surface area contributed by atoms with Gasteiger partial charge in [0.25, 0.3) is 0 Å². The predicted molar refractivity (Wildman–Crippen MR) is 72.7 cm³/mol. The number of halogens is 2. The van der Waals surface area contributed by atoms with Gasteiger partial charge in [-0.2, -0.15) is 11.8 Å². The maximum atomic E-state index is 13.8. The largest absolute Gasteiger partial charge is 0.324 e. The predicted octanol–water partition coefficient (Wildman–Crippen LogP) is 3.81. The Kier molecular flexibility index (Phi) is 4.62. The highest BCUT2D eigenvalue weighted by Crippen LogP contribution is 2.31. The lowest BCUT2D eigenvalue weighted by atomic mass is 9.90. The highest BCUT2D eigenvalue weighted by molar-refractivity contribution is 7.99. The van der Waals surface area contributed by atoms with Gasteiger partial charge in [0, 0.05) is 11.6 Å². The van der Waals surface area contributed by atoms with Gasteiger partial charge < -0.3 is 5.73 Å². The van der Waals surface area contributed by atoms with Crippen molar-refractivity contribution in [1.29, 1.82) is 0 Å². The van der Waals surface area contributed by atoms with Crippen molar-refractivity contribution in [2.45, 2.75) is 32.2 Å². The van der Waals surface area contributed by atoms with Gasteiger partial charge in [-0.3, -0.25) is 0 Å². The number of nitrogens with two attached hydrogens (primary N) is 1. The first-order valence-electron chi connectivity index (χ1n) is 6.37. The van der Waals surface area contributed by atoms with Crippen LogP contribution in [0.2, 0.25) is 0 Å². The number of aryl methyl sites for hydroxylation is 1. The van der Waals surface area contributed by atoms with E-state index in [1.54, 1.807) is 19.1 Å². The van der Waals surface area contributed by atoms with Gasteiger partial charge in [0.05, 0.1) is 0 Å². The lowest BCUT2D eigenvalue weighted by molar-refractivity contribution is 0.400. The van der Waals surface area contributed by atoms with Crippen LogP contribution in [0, 0.1) is 24.5 Å². The van der Waals surface area contributed by atoms with E-state index in [0.29, 0.717) is 17.0 Å². The van der Waals surface area contributed by atoms with Crippen LogP contribution < -0.4 is 5.73 Å². The standard InChI is InChI=1S/C14H19F2NS/c1-9-2-3-11(14(16)13(9)15)12(17)8-10-4-6-18-7-5-10/h2-3,10,12H,4-8,17H2,1H3. The molecule has 0 aromatic heterocycles. The normalized spacial score (nSPS) is 18.9. The lowest BCUT2D eigenvalue weighted by Gasteiger charge is -2.24. The van der Waals surface area contributed by atoms with E-state index in [9.17, 15) is 8.78 Å². The van der Waals surface area contributed by atoms with Gasteiger partial charge in [-0.15, -0.1) is 0 Å². The molecule has 0 aliphatic carbocycles. The number of thioether (sulfide) groups is 1. The molecular formula is C14H19F2NS. The second-order valence-corrected chi connectivity index (χ2v) is 6.22. The van der Waals surface area contributed by atoms with Crippen molar-refractivity contribution in [3.63, 3.8) is 0 Å². The van der Waals surface area contributed by atoms with Crippen LogP contribution in [0.3, 0.4) is 0 Å². The van der Waals surface area contributed by atoms with Crippen LogP contribution in [-0.4, -0.2) is 11.5 Å². The molecule has 1 atom stereocenters. The van der Waals surface area contributed by atoms with Crippen LogP contribution in [0.5, 0.6) is 0 Å². The van der Waals surface area contributed by atoms with Crippen LogP contribution >= 0.6 is 11.8 Å². The molecule has 1 saturated heterocycles. The maximum Gasteiger partial charge on any atom is 0.163 e. The molecule has 1 nitrogen and oxygen atoms in total. The Morgan fingerprint density at radius 3 is 2.61 bits per heavy atom. The first-order valence-corrected chi connectivity index (χ1v) is 7.53. The molecule has 18 heavy (non-hydrogen) atoms. The fourth-order valence-electron chi connectivity index (χ4n) is 2.42. The first kappa shape index (κ1) is 13.8. The molecule has 0 spiro atoms. The molecule has 1 aliphatic rings. The summed E-state index contributed by atoms with van der Waals surface area (Å²) in [5.74, 6) is 1.32. The monoisotopic (exact) mass is 271 g/mol. The number of hydrogen-bond acceptors (Lipinski definition) is 2. The molecule has 0 bridgehead atoms. The van der Waals surface area contributed by atoms with Crippen molar-refractivity contribution in [3.8, 4) is 0 Å². The number of rotatable bonds is 3. The Hall–Kier alpha value is -0.610. The molecule has 1 unspecified atom stereocenters. The van der Waals surface area contributed by atoms with Gasteiger partial charge in [0.1, 0.15) is 0 Å². The van der Waals surface area contributed by atoms with Crippen molar-refractivity contribution in [2.75, 3.05) is 11.5 Å². The second kappa shape index (κ2) is 6.02. The van der Waals surface area contributed by atoms with E-state index >= 15 is 0 Å². The van der Waals surface area contributed by atoms with Crippen LogP contribution in [0.1, 0.15) is 36.4 Å². The molecule has 1 fully saturated rings. The topological polar surface area (TPSA) is 26.0 Å². The van der Waals surface area contributed by atoms with Gasteiger partial charge in [-0.25, -0.2) is 8.78 Å².